The van der Waals surface area contributed by atoms with Gasteiger partial charge in [0.2, 0.25) is 0 Å². The lowest BCUT2D eigenvalue weighted by Gasteiger charge is -2.34. The molecule has 27 heavy (non-hydrogen) atoms. The molecule has 1 aliphatic carbocycles. The number of fused-ring (bicyclic) bond motifs is 1. The third kappa shape index (κ3) is 3.43. The normalized spacial score (nSPS) is 27.4. The summed E-state index contributed by atoms with van der Waals surface area (Å²) >= 11 is 0. The fraction of sp³-hybridized carbons (Fsp3) is 0.550. The lowest BCUT2D eigenvalue weighted by Crippen LogP contribution is -2.36. The number of amides is 1. The van der Waals surface area contributed by atoms with E-state index in [0.29, 0.717) is 24.8 Å². The molecule has 144 valence electrons. The van der Waals surface area contributed by atoms with Gasteiger partial charge in [-0.3, -0.25) is 4.79 Å². The van der Waals surface area contributed by atoms with Crippen molar-refractivity contribution in [3.63, 3.8) is 0 Å². The van der Waals surface area contributed by atoms with Crippen LogP contribution in [-0.2, 0) is 0 Å². The number of carbonyl (C=O) groups excluding carboxylic acids is 1. The first-order chi connectivity index (χ1) is 13.1. The summed E-state index contributed by atoms with van der Waals surface area (Å²) in [4.78, 5) is 19.2. The van der Waals surface area contributed by atoms with Gasteiger partial charge in [-0.25, -0.2) is 9.67 Å². The van der Waals surface area contributed by atoms with Gasteiger partial charge >= 0.3 is 0 Å². The molecule has 0 bridgehead atoms. The summed E-state index contributed by atoms with van der Waals surface area (Å²) in [6.45, 7) is 6.27. The zero-order valence-electron chi connectivity index (χ0n) is 15.9. The maximum absolute atomic E-state index is 13.2. The first kappa shape index (κ1) is 18.0. The number of nitrogens with one attached hydrogen (secondary N) is 1. The van der Waals surface area contributed by atoms with Crippen molar-refractivity contribution < 1.29 is 9.90 Å². The predicted molar refractivity (Wildman–Crippen MR) is 103 cm³/mol. The molecular weight excluding hydrogens is 342 g/mol. The Morgan fingerprint density at radius 2 is 2.07 bits per heavy atom. The Kier molecular flexibility index (Phi) is 4.86. The molecule has 2 N–H and O–H groups in total. The highest BCUT2D eigenvalue weighted by Crippen LogP contribution is 2.41. The Hall–Kier alpha value is -2.41. The van der Waals surface area contributed by atoms with E-state index in [4.69, 9.17) is 0 Å². The van der Waals surface area contributed by atoms with Gasteiger partial charge < -0.3 is 15.3 Å². The molecule has 2 fully saturated rings. The monoisotopic (exact) mass is 369 g/mol. The number of nitrogens with zero attached hydrogens (tertiary/aromatic N) is 4. The first-order valence-corrected chi connectivity index (χ1v) is 9.72. The fourth-order valence-electron chi connectivity index (χ4n) is 4.60. The van der Waals surface area contributed by atoms with Crippen LogP contribution in [0.3, 0.4) is 0 Å². The van der Waals surface area contributed by atoms with Crippen molar-refractivity contribution in [3.8, 4) is 0 Å². The van der Waals surface area contributed by atoms with Crippen LogP contribution in [0.25, 0.3) is 0 Å². The van der Waals surface area contributed by atoms with Gasteiger partial charge in [0, 0.05) is 25.3 Å². The minimum atomic E-state index is -0.445. The Balaban J connectivity index is 1.51. The summed E-state index contributed by atoms with van der Waals surface area (Å²) in [5, 5.41) is 18.1. The number of likely N-dealkylation sites (tertiary alicyclic amines) is 1. The van der Waals surface area contributed by atoms with Crippen molar-refractivity contribution >= 4 is 11.6 Å². The van der Waals surface area contributed by atoms with Crippen molar-refractivity contribution in [2.45, 2.75) is 38.8 Å². The molecule has 1 saturated carbocycles. The molecule has 2 aromatic rings. The van der Waals surface area contributed by atoms with E-state index in [1.54, 1.807) is 11.0 Å². The van der Waals surface area contributed by atoms with Crippen LogP contribution in [-0.4, -0.2) is 56.4 Å². The number of anilines is 1. The van der Waals surface area contributed by atoms with Gasteiger partial charge in [-0.1, -0.05) is 11.6 Å². The van der Waals surface area contributed by atoms with Crippen LogP contribution in [0.2, 0.25) is 0 Å². The number of rotatable bonds is 4. The van der Waals surface area contributed by atoms with E-state index >= 15 is 0 Å². The van der Waals surface area contributed by atoms with Crippen LogP contribution in [0, 0.1) is 18.8 Å². The van der Waals surface area contributed by atoms with E-state index in [2.05, 4.69) is 15.4 Å². The van der Waals surface area contributed by atoms with Crippen LogP contribution in [0.1, 0.15) is 41.7 Å². The van der Waals surface area contributed by atoms with E-state index in [-0.39, 0.29) is 11.9 Å². The Labute approximate surface area is 159 Å². The van der Waals surface area contributed by atoms with Crippen molar-refractivity contribution in [1.29, 1.82) is 0 Å². The molecule has 4 atom stereocenters. The van der Waals surface area contributed by atoms with Crippen molar-refractivity contribution in [3.05, 3.63) is 42.0 Å². The molecule has 0 unspecified atom stereocenters. The maximum atomic E-state index is 13.2. The standard InChI is InChI=1S/C20H27N5O2/c1-3-22-17-5-4-13(2)6-16(17)20(27)24-9-14-7-18(25-12-21-11-23-25)19(26)8-15(14)10-24/h4-6,11-12,14-15,18-19,22,26H,3,7-10H2,1-2H3/t14-,15+,18-,19-/m1/s1. The third-order valence-corrected chi connectivity index (χ3v) is 5.95. The van der Waals surface area contributed by atoms with Gasteiger partial charge in [0.15, 0.2) is 0 Å². The number of carbonyl (C=O) groups is 1. The summed E-state index contributed by atoms with van der Waals surface area (Å²) < 4.78 is 1.76. The second-order valence-corrected chi connectivity index (χ2v) is 7.79. The van der Waals surface area contributed by atoms with Crippen LogP contribution < -0.4 is 5.32 Å². The largest absolute Gasteiger partial charge is 0.391 e. The molecule has 2 aliphatic rings. The molecule has 1 saturated heterocycles. The van der Waals surface area contributed by atoms with Gasteiger partial charge in [0.05, 0.1) is 17.7 Å². The summed E-state index contributed by atoms with van der Waals surface area (Å²) in [6, 6.07) is 5.92. The van der Waals surface area contributed by atoms with Crippen molar-refractivity contribution in [1.82, 2.24) is 19.7 Å². The maximum Gasteiger partial charge on any atom is 0.255 e. The second-order valence-electron chi connectivity index (χ2n) is 7.79. The summed E-state index contributed by atoms with van der Waals surface area (Å²) in [6.07, 6.45) is 4.25. The number of aromatic nitrogens is 3. The van der Waals surface area contributed by atoms with E-state index in [0.717, 1.165) is 36.3 Å². The molecule has 7 heteroatoms. The van der Waals surface area contributed by atoms with Crippen LogP contribution >= 0.6 is 0 Å². The zero-order chi connectivity index (χ0) is 19.0. The number of hydrogen-bond donors (Lipinski definition) is 2. The van der Waals surface area contributed by atoms with Crippen LogP contribution in [0.15, 0.2) is 30.9 Å². The number of aliphatic hydroxyl groups excluding tert-OH is 1. The highest BCUT2D eigenvalue weighted by molar-refractivity contribution is 6.00. The zero-order valence-corrected chi connectivity index (χ0v) is 15.9. The minimum absolute atomic E-state index is 0.0555. The molecular formula is C20H27N5O2. The topological polar surface area (TPSA) is 83.3 Å². The number of aryl methyl sites for hydroxylation is 1. The highest BCUT2D eigenvalue weighted by atomic mass is 16.3. The fourth-order valence-corrected chi connectivity index (χ4v) is 4.60. The second kappa shape index (κ2) is 7.31. The predicted octanol–water partition coefficient (Wildman–Crippen LogP) is 2.10. The van der Waals surface area contributed by atoms with E-state index in [9.17, 15) is 9.90 Å². The molecule has 2 heterocycles. The van der Waals surface area contributed by atoms with Crippen molar-refractivity contribution in [2.24, 2.45) is 11.8 Å². The Morgan fingerprint density at radius 3 is 2.78 bits per heavy atom. The summed E-state index contributed by atoms with van der Waals surface area (Å²) in [5.41, 5.74) is 2.71. The molecule has 1 aliphatic heterocycles. The molecule has 4 rings (SSSR count). The SMILES string of the molecule is CCNc1ccc(C)cc1C(=O)N1C[C@H]2C[C@@H](n3cncn3)[C@H](O)C[C@H]2C1. The van der Waals surface area contributed by atoms with E-state index < -0.39 is 6.10 Å². The molecule has 1 amide bonds. The number of aliphatic hydroxyl groups is 1. The summed E-state index contributed by atoms with van der Waals surface area (Å²) in [5.74, 6) is 0.811. The average molecular weight is 369 g/mol. The molecule has 0 radical (unpaired) electrons. The first-order valence-electron chi connectivity index (χ1n) is 9.72. The van der Waals surface area contributed by atoms with Gasteiger partial charge in [0.1, 0.15) is 12.7 Å². The van der Waals surface area contributed by atoms with Crippen molar-refractivity contribution in [2.75, 3.05) is 25.0 Å². The van der Waals surface area contributed by atoms with Crippen LogP contribution in [0.4, 0.5) is 5.69 Å². The lowest BCUT2D eigenvalue weighted by atomic mass is 9.77. The average Bonchev–Trinajstić information content (AvgIpc) is 3.31. The smallest absolute Gasteiger partial charge is 0.255 e. The number of benzene rings is 1. The van der Waals surface area contributed by atoms with Gasteiger partial charge in [-0.2, -0.15) is 5.10 Å². The Morgan fingerprint density at radius 1 is 1.30 bits per heavy atom. The summed E-state index contributed by atoms with van der Waals surface area (Å²) in [7, 11) is 0. The lowest BCUT2D eigenvalue weighted by molar-refractivity contribution is 0.0304. The molecule has 1 aromatic heterocycles. The molecule has 0 spiro atoms. The van der Waals surface area contributed by atoms with E-state index in [1.807, 2.05) is 36.9 Å². The molecule has 7 nitrogen and oxygen atoms in total. The minimum Gasteiger partial charge on any atom is -0.391 e. The quantitative estimate of drug-likeness (QED) is 0.862. The van der Waals surface area contributed by atoms with Gasteiger partial charge in [0.25, 0.3) is 5.91 Å². The van der Waals surface area contributed by atoms with Crippen LogP contribution in [0.5, 0.6) is 0 Å². The third-order valence-electron chi connectivity index (χ3n) is 5.95. The highest BCUT2D eigenvalue weighted by Gasteiger charge is 2.44. The van der Waals surface area contributed by atoms with E-state index in [1.165, 1.54) is 6.33 Å². The Bertz CT molecular complexity index is 807. The van der Waals surface area contributed by atoms with Gasteiger partial charge in [-0.15, -0.1) is 0 Å². The number of hydrogen-bond acceptors (Lipinski definition) is 5. The molecule has 1 aromatic carbocycles. The van der Waals surface area contributed by atoms with Gasteiger partial charge in [-0.05, 0) is 50.7 Å².